The van der Waals surface area contributed by atoms with Crippen LogP contribution in [0.15, 0.2) is 30.1 Å². The molecular formula is C14H19ClN3O2-. The standard InChI is InChI=1S/C14H19ClN3O2/c1-10(14(2,3)4)16-13(9-18(19)20)17-12-7-5-6-11(15)8-12/h5-8,10,16-17H,1-4H3/q-1. The lowest BCUT2D eigenvalue weighted by Gasteiger charge is -2.32. The van der Waals surface area contributed by atoms with E-state index in [2.05, 4.69) is 16.8 Å². The molecular weight excluding hydrogens is 278 g/mol. The van der Waals surface area contributed by atoms with Crippen LogP contribution in [0.3, 0.4) is 0 Å². The summed E-state index contributed by atoms with van der Waals surface area (Å²) in [5, 5.41) is 17.2. The van der Waals surface area contributed by atoms with Crippen LogP contribution >= 0.6 is 11.6 Å². The molecule has 0 aliphatic carbocycles. The smallest absolute Gasteiger partial charge is 0.0426 e. The lowest BCUT2D eigenvalue weighted by atomic mass is 9.88. The molecule has 1 unspecified atom stereocenters. The first kappa shape index (κ1) is 16.3. The summed E-state index contributed by atoms with van der Waals surface area (Å²) in [6.45, 7) is 8.11. The lowest BCUT2D eigenvalue weighted by molar-refractivity contribution is -0.421. The predicted octanol–water partition coefficient (Wildman–Crippen LogP) is 3.65. The third-order valence-corrected chi connectivity index (χ3v) is 3.19. The van der Waals surface area contributed by atoms with Gasteiger partial charge in [-0.05, 0) is 36.4 Å². The maximum Gasteiger partial charge on any atom is 0.0426 e. The normalized spacial score (nSPS) is 13.8. The Labute approximate surface area is 124 Å². The number of hydrogen-bond acceptors (Lipinski definition) is 4. The van der Waals surface area contributed by atoms with Crippen LogP contribution < -0.4 is 10.6 Å². The summed E-state index contributed by atoms with van der Waals surface area (Å²) < 4.78 is 0. The van der Waals surface area contributed by atoms with Gasteiger partial charge in [-0.25, -0.2) is 0 Å². The number of nitro groups is 1. The monoisotopic (exact) mass is 296 g/mol. The Morgan fingerprint density at radius 3 is 2.60 bits per heavy atom. The summed E-state index contributed by atoms with van der Waals surface area (Å²) in [7, 11) is 0. The summed E-state index contributed by atoms with van der Waals surface area (Å²) in [6.07, 6.45) is 2.12. The molecule has 110 valence electrons. The fraction of sp³-hybridized carbons (Fsp3) is 0.429. The summed E-state index contributed by atoms with van der Waals surface area (Å²) in [6, 6.07) is 6.99. The average molecular weight is 297 g/mol. The second-order valence-corrected chi connectivity index (χ2v) is 6.05. The van der Waals surface area contributed by atoms with Crippen molar-refractivity contribution in [3.63, 3.8) is 0 Å². The average Bonchev–Trinajstić information content (AvgIpc) is 2.26. The van der Waals surface area contributed by atoms with Gasteiger partial charge in [0.05, 0.1) is 0 Å². The minimum absolute atomic E-state index is 0.0247. The number of benzene rings is 1. The first-order chi connectivity index (χ1) is 9.18. The van der Waals surface area contributed by atoms with Crippen LogP contribution in [-0.2, 0) is 0 Å². The zero-order valence-corrected chi connectivity index (χ0v) is 12.8. The van der Waals surface area contributed by atoms with Gasteiger partial charge in [-0.1, -0.05) is 44.6 Å². The fourth-order valence-corrected chi connectivity index (χ4v) is 1.52. The molecule has 0 bridgehead atoms. The van der Waals surface area contributed by atoms with Crippen molar-refractivity contribution in [2.24, 2.45) is 5.41 Å². The second-order valence-electron chi connectivity index (χ2n) is 5.61. The van der Waals surface area contributed by atoms with Gasteiger partial charge in [-0.3, -0.25) is 10.1 Å². The van der Waals surface area contributed by atoms with Crippen molar-refractivity contribution in [1.29, 1.82) is 0 Å². The molecule has 0 spiro atoms. The van der Waals surface area contributed by atoms with Gasteiger partial charge in [0.25, 0.3) is 0 Å². The Kier molecular flexibility index (Phi) is 5.39. The van der Waals surface area contributed by atoms with Crippen molar-refractivity contribution in [3.8, 4) is 0 Å². The molecule has 0 aliphatic rings. The van der Waals surface area contributed by atoms with Crippen LogP contribution in [0.25, 0.3) is 0 Å². The number of nitrogens with one attached hydrogen (secondary N) is 2. The lowest BCUT2D eigenvalue weighted by Crippen LogP contribution is -2.39. The van der Waals surface area contributed by atoms with Crippen molar-refractivity contribution in [2.45, 2.75) is 33.7 Å². The predicted molar refractivity (Wildman–Crippen MR) is 80.9 cm³/mol. The molecule has 6 heteroatoms. The quantitative estimate of drug-likeness (QED) is 0.377. The molecule has 0 radical (unpaired) electrons. The van der Waals surface area contributed by atoms with E-state index < -0.39 is 4.92 Å². The first-order valence-corrected chi connectivity index (χ1v) is 6.63. The van der Waals surface area contributed by atoms with E-state index in [1.807, 2.05) is 27.7 Å². The van der Waals surface area contributed by atoms with Gasteiger partial charge < -0.3 is 10.6 Å². The Morgan fingerprint density at radius 2 is 2.10 bits per heavy atom. The highest BCUT2D eigenvalue weighted by molar-refractivity contribution is 6.30. The van der Waals surface area contributed by atoms with Crippen molar-refractivity contribution in [3.05, 3.63) is 51.4 Å². The molecule has 1 rings (SSSR count). The SMILES string of the molecule is CC(NC(=[C-][N+](=O)[O-])Nc1cccc(Cl)c1)C(C)(C)C. The first-order valence-electron chi connectivity index (χ1n) is 6.25. The van der Waals surface area contributed by atoms with Crippen LogP contribution in [0, 0.1) is 21.7 Å². The number of anilines is 1. The van der Waals surface area contributed by atoms with E-state index >= 15 is 0 Å². The minimum atomic E-state index is -0.616. The Morgan fingerprint density at radius 1 is 1.45 bits per heavy atom. The molecule has 5 nitrogen and oxygen atoms in total. The Hall–Kier alpha value is -1.75. The van der Waals surface area contributed by atoms with Crippen LogP contribution in [0.5, 0.6) is 0 Å². The Balaban J connectivity index is 2.89. The van der Waals surface area contributed by atoms with E-state index in [0.717, 1.165) is 0 Å². The van der Waals surface area contributed by atoms with E-state index in [4.69, 9.17) is 11.6 Å². The Bertz CT molecular complexity index is 509. The van der Waals surface area contributed by atoms with Gasteiger partial charge in [0, 0.05) is 16.8 Å². The third-order valence-electron chi connectivity index (χ3n) is 2.96. The highest BCUT2D eigenvalue weighted by atomic mass is 35.5. The van der Waals surface area contributed by atoms with Crippen LogP contribution in [0.1, 0.15) is 27.7 Å². The third kappa shape index (κ3) is 5.48. The zero-order valence-electron chi connectivity index (χ0n) is 12.0. The topological polar surface area (TPSA) is 67.2 Å². The summed E-state index contributed by atoms with van der Waals surface area (Å²) in [5.74, 6) is 0.208. The van der Waals surface area contributed by atoms with Crippen molar-refractivity contribution in [1.82, 2.24) is 5.32 Å². The molecule has 0 aromatic heterocycles. The molecule has 1 aromatic carbocycles. The van der Waals surface area contributed by atoms with Crippen molar-refractivity contribution >= 4 is 17.3 Å². The van der Waals surface area contributed by atoms with Crippen LogP contribution in [0.2, 0.25) is 5.02 Å². The number of nitrogens with zero attached hydrogens (tertiary/aromatic N) is 1. The minimum Gasteiger partial charge on any atom is -0.394 e. The van der Waals surface area contributed by atoms with Gasteiger partial charge in [-0.2, -0.15) is 0 Å². The zero-order chi connectivity index (χ0) is 15.3. The molecule has 0 heterocycles. The van der Waals surface area contributed by atoms with E-state index in [0.29, 0.717) is 10.7 Å². The number of halogens is 1. The molecule has 20 heavy (non-hydrogen) atoms. The molecule has 0 aliphatic heterocycles. The van der Waals surface area contributed by atoms with Gasteiger partial charge in [0.15, 0.2) is 0 Å². The van der Waals surface area contributed by atoms with Crippen LogP contribution in [0.4, 0.5) is 5.69 Å². The van der Waals surface area contributed by atoms with E-state index in [-0.39, 0.29) is 17.3 Å². The largest absolute Gasteiger partial charge is 0.394 e. The maximum atomic E-state index is 10.7. The number of rotatable bonds is 5. The molecule has 2 N–H and O–H groups in total. The van der Waals surface area contributed by atoms with Crippen molar-refractivity contribution < 1.29 is 4.92 Å². The van der Waals surface area contributed by atoms with Crippen LogP contribution in [-0.4, -0.2) is 11.0 Å². The molecule has 0 saturated carbocycles. The van der Waals surface area contributed by atoms with E-state index in [1.165, 1.54) is 0 Å². The second kappa shape index (κ2) is 6.61. The summed E-state index contributed by atoms with van der Waals surface area (Å²) >= 11 is 5.89. The molecule has 1 atom stereocenters. The highest BCUT2D eigenvalue weighted by Gasteiger charge is 2.19. The highest BCUT2D eigenvalue weighted by Crippen LogP contribution is 2.21. The maximum absolute atomic E-state index is 10.7. The van der Waals surface area contributed by atoms with E-state index in [9.17, 15) is 10.1 Å². The summed E-state index contributed by atoms with van der Waals surface area (Å²) in [5.41, 5.74) is 0.620. The van der Waals surface area contributed by atoms with Gasteiger partial charge >= 0.3 is 0 Å². The molecule has 0 amide bonds. The molecule has 1 aromatic rings. The van der Waals surface area contributed by atoms with Gasteiger partial charge in [0.1, 0.15) is 0 Å². The fourth-order valence-electron chi connectivity index (χ4n) is 1.33. The summed E-state index contributed by atoms with van der Waals surface area (Å²) in [4.78, 5) is 10.0. The molecule has 0 fully saturated rings. The van der Waals surface area contributed by atoms with Gasteiger partial charge in [-0.15, -0.1) is 4.92 Å². The number of hydrogen-bond donors (Lipinski definition) is 2. The van der Waals surface area contributed by atoms with Crippen molar-refractivity contribution in [2.75, 3.05) is 5.32 Å². The van der Waals surface area contributed by atoms with E-state index in [1.54, 1.807) is 24.3 Å². The molecule has 0 saturated heterocycles. The van der Waals surface area contributed by atoms with Gasteiger partial charge in [0.2, 0.25) is 0 Å².